The van der Waals surface area contributed by atoms with Crippen LogP contribution in [0.3, 0.4) is 0 Å². The number of halogens is 4. The van der Waals surface area contributed by atoms with E-state index >= 15 is 0 Å². The molecule has 0 aliphatic carbocycles. The van der Waals surface area contributed by atoms with Crippen LogP contribution in [0.5, 0.6) is 0 Å². The van der Waals surface area contributed by atoms with Gasteiger partial charge in [-0.2, -0.15) is 13.2 Å². The molecule has 3 aromatic rings. The molecule has 11 heteroatoms. The first kappa shape index (κ1) is 21.2. The second-order valence-corrected chi connectivity index (χ2v) is 6.92. The van der Waals surface area contributed by atoms with E-state index in [1.165, 1.54) is 12.1 Å². The monoisotopic (exact) mass is 447 g/mol. The predicted octanol–water partition coefficient (Wildman–Crippen LogP) is 5.38. The number of carbonyl (C=O) groups is 1. The first-order chi connectivity index (χ1) is 15.2. The highest BCUT2D eigenvalue weighted by Gasteiger charge is 2.32. The van der Waals surface area contributed by atoms with Crippen molar-refractivity contribution in [1.29, 1.82) is 0 Å². The zero-order chi connectivity index (χ0) is 23.0. The minimum Gasteiger partial charge on any atom is -0.423 e. The van der Waals surface area contributed by atoms with Gasteiger partial charge >= 0.3 is 12.2 Å². The third-order valence-corrected chi connectivity index (χ3v) is 4.86. The Labute approximate surface area is 179 Å². The molecule has 1 aliphatic rings. The molecular weight excluding hydrogens is 430 g/mol. The smallest absolute Gasteiger partial charge is 0.416 e. The van der Waals surface area contributed by atoms with Crippen molar-refractivity contribution < 1.29 is 26.8 Å². The van der Waals surface area contributed by atoms with Crippen LogP contribution in [0.1, 0.15) is 11.1 Å². The van der Waals surface area contributed by atoms with E-state index in [0.29, 0.717) is 47.1 Å². The van der Waals surface area contributed by atoms with Gasteiger partial charge in [-0.3, -0.25) is 4.90 Å². The number of hydrogen-bond donors (Lipinski definition) is 2. The Morgan fingerprint density at radius 1 is 1.19 bits per heavy atom. The number of aliphatic imine (C=N–C) groups is 1. The summed E-state index contributed by atoms with van der Waals surface area (Å²) >= 11 is 0. The van der Waals surface area contributed by atoms with Gasteiger partial charge in [0.1, 0.15) is 5.82 Å². The van der Waals surface area contributed by atoms with E-state index in [9.17, 15) is 22.4 Å². The lowest BCUT2D eigenvalue weighted by atomic mass is 10.1. The van der Waals surface area contributed by atoms with Crippen LogP contribution in [0.2, 0.25) is 0 Å². The number of amides is 2. The van der Waals surface area contributed by atoms with E-state index in [0.717, 1.165) is 5.56 Å². The van der Waals surface area contributed by atoms with Crippen molar-refractivity contribution in [3.8, 4) is 0 Å². The molecule has 1 aliphatic heterocycles. The Bertz CT molecular complexity index is 1190. The molecule has 0 bridgehead atoms. The maximum Gasteiger partial charge on any atom is 0.416 e. The molecular formula is C21H17F4N5O2. The summed E-state index contributed by atoms with van der Waals surface area (Å²) in [6.45, 7) is 0.463. The van der Waals surface area contributed by atoms with Crippen LogP contribution >= 0.6 is 0 Å². The number of primary amides is 1. The van der Waals surface area contributed by atoms with Crippen molar-refractivity contribution >= 4 is 41.2 Å². The number of alkyl halides is 3. The van der Waals surface area contributed by atoms with E-state index in [4.69, 9.17) is 10.2 Å². The van der Waals surface area contributed by atoms with Crippen LogP contribution in [0.15, 0.2) is 57.9 Å². The largest absolute Gasteiger partial charge is 0.423 e. The van der Waals surface area contributed by atoms with Crippen molar-refractivity contribution in [2.75, 3.05) is 22.2 Å². The summed E-state index contributed by atoms with van der Waals surface area (Å²) in [7, 11) is 1.72. The Morgan fingerprint density at radius 3 is 2.53 bits per heavy atom. The quantitative estimate of drug-likeness (QED) is 0.526. The maximum absolute atomic E-state index is 14.3. The third kappa shape index (κ3) is 3.96. The van der Waals surface area contributed by atoms with E-state index in [1.807, 2.05) is 6.07 Å². The highest BCUT2D eigenvalue weighted by molar-refractivity contribution is 5.99. The van der Waals surface area contributed by atoms with Crippen LogP contribution < -0.4 is 20.9 Å². The van der Waals surface area contributed by atoms with Gasteiger partial charge in [-0.25, -0.2) is 14.2 Å². The summed E-state index contributed by atoms with van der Waals surface area (Å²) in [6, 6.07) is 8.63. The average molecular weight is 447 g/mol. The number of nitrogens with zero attached hydrogens (tertiary/aromatic N) is 3. The van der Waals surface area contributed by atoms with E-state index in [1.54, 1.807) is 30.4 Å². The summed E-state index contributed by atoms with van der Waals surface area (Å²) < 4.78 is 59.0. The molecule has 0 saturated heterocycles. The molecule has 0 fully saturated rings. The first-order valence-corrected chi connectivity index (χ1v) is 9.35. The fraction of sp³-hybridized carbons (Fsp3) is 0.143. The number of benzene rings is 2. The van der Waals surface area contributed by atoms with Crippen molar-refractivity contribution in [1.82, 2.24) is 0 Å². The van der Waals surface area contributed by atoms with Crippen LogP contribution in [-0.2, 0) is 12.7 Å². The number of nitrogens with two attached hydrogens (primary N) is 1. The zero-order valence-corrected chi connectivity index (χ0v) is 16.7. The Balaban J connectivity index is 1.63. The number of nitrogens with one attached hydrogen (secondary N) is 1. The summed E-state index contributed by atoms with van der Waals surface area (Å²) in [6.07, 6.45) is -3.14. The van der Waals surface area contributed by atoms with Crippen LogP contribution in [0, 0.1) is 5.82 Å². The van der Waals surface area contributed by atoms with Gasteiger partial charge in [-0.05, 0) is 42.5 Å². The molecule has 32 heavy (non-hydrogen) atoms. The van der Waals surface area contributed by atoms with E-state index < -0.39 is 29.3 Å². The molecule has 0 atom stereocenters. The number of furan rings is 1. The number of carbonyl (C=O) groups excluding carboxylic acids is 1. The van der Waals surface area contributed by atoms with Gasteiger partial charge in [-0.15, -0.1) is 0 Å². The van der Waals surface area contributed by atoms with Crippen molar-refractivity contribution in [3.63, 3.8) is 0 Å². The molecule has 1 aromatic heterocycles. The van der Waals surface area contributed by atoms with Crippen molar-refractivity contribution in [3.05, 3.63) is 65.5 Å². The molecule has 0 unspecified atom stereocenters. The predicted molar refractivity (Wildman–Crippen MR) is 112 cm³/mol. The van der Waals surface area contributed by atoms with Crippen molar-refractivity contribution in [2.24, 2.45) is 10.7 Å². The van der Waals surface area contributed by atoms with Crippen molar-refractivity contribution in [2.45, 2.75) is 12.7 Å². The van der Waals surface area contributed by atoms with Crippen LogP contribution in [0.25, 0.3) is 0 Å². The summed E-state index contributed by atoms with van der Waals surface area (Å²) in [5.41, 5.74) is 5.32. The van der Waals surface area contributed by atoms with Gasteiger partial charge < -0.3 is 20.4 Å². The Hall–Kier alpha value is -4.02. The lowest BCUT2D eigenvalue weighted by molar-refractivity contribution is -0.137. The minimum atomic E-state index is -4.71. The van der Waals surface area contributed by atoms with Crippen LogP contribution in [0.4, 0.5) is 51.2 Å². The highest BCUT2D eigenvalue weighted by Crippen LogP contribution is 2.37. The highest BCUT2D eigenvalue weighted by atomic mass is 19.4. The molecule has 2 aromatic carbocycles. The normalized spacial score (nSPS) is 13.1. The Kier molecular flexibility index (Phi) is 5.25. The third-order valence-electron chi connectivity index (χ3n) is 4.86. The molecule has 2 heterocycles. The number of hydrogen-bond acceptors (Lipinski definition) is 5. The van der Waals surface area contributed by atoms with Gasteiger partial charge in [0.05, 0.1) is 29.8 Å². The summed E-state index contributed by atoms with van der Waals surface area (Å²) in [4.78, 5) is 18.8. The fourth-order valence-electron chi connectivity index (χ4n) is 3.31. The molecule has 3 N–H and O–H groups in total. The fourth-order valence-corrected chi connectivity index (χ4v) is 3.31. The van der Waals surface area contributed by atoms with Gasteiger partial charge in [0.2, 0.25) is 5.88 Å². The van der Waals surface area contributed by atoms with Gasteiger partial charge in [-0.1, -0.05) is 0 Å². The molecule has 166 valence electrons. The summed E-state index contributed by atoms with van der Waals surface area (Å²) in [5, 5.41) is 2.89. The number of rotatable bonds is 4. The molecule has 2 amide bonds. The molecule has 0 radical (unpaired) electrons. The first-order valence-electron chi connectivity index (χ1n) is 9.35. The number of anilines is 4. The standard InChI is InChI=1S/C21H17F4N5O2/c1-27-18-8-12-10-29(11-28-19(12)32-18)14-3-5-15(6-4-14)30(20(26)31)17-9-13(21(23,24)25)2-7-16(17)22/h2-9,11,27H,10H2,1H3,(H2,26,31). The average Bonchev–Trinajstić information content (AvgIpc) is 3.17. The van der Waals surface area contributed by atoms with E-state index in [2.05, 4.69) is 10.3 Å². The minimum absolute atomic E-state index is 0.106. The SMILES string of the molecule is CNc1cc2c(o1)N=CN(c1ccc(N(C(N)=O)c3cc(C(F)(F)F)ccc3F)cc1)C2. The van der Waals surface area contributed by atoms with Crippen LogP contribution in [-0.4, -0.2) is 19.4 Å². The lowest BCUT2D eigenvalue weighted by Crippen LogP contribution is -2.32. The zero-order valence-electron chi connectivity index (χ0n) is 16.7. The van der Waals surface area contributed by atoms with Gasteiger partial charge in [0.15, 0.2) is 5.88 Å². The lowest BCUT2D eigenvalue weighted by Gasteiger charge is -2.25. The summed E-state index contributed by atoms with van der Waals surface area (Å²) in [5.74, 6) is 0.0450. The van der Waals surface area contributed by atoms with Gasteiger partial charge in [0.25, 0.3) is 0 Å². The molecule has 0 spiro atoms. The molecule has 0 saturated carbocycles. The second-order valence-electron chi connectivity index (χ2n) is 6.92. The van der Waals surface area contributed by atoms with E-state index in [-0.39, 0.29) is 5.69 Å². The molecule has 4 rings (SSSR count). The second kappa shape index (κ2) is 7.91. The Morgan fingerprint density at radius 2 is 1.91 bits per heavy atom. The molecule has 7 nitrogen and oxygen atoms in total. The number of urea groups is 1. The number of fused-ring (bicyclic) bond motifs is 1. The van der Waals surface area contributed by atoms with Gasteiger partial charge in [0, 0.05) is 24.4 Å². The topological polar surface area (TPSA) is 87.1 Å². The maximum atomic E-state index is 14.3.